The molecule has 6 heteroatoms. The molecule has 0 saturated heterocycles. The van der Waals surface area contributed by atoms with Gasteiger partial charge in [-0.25, -0.2) is 0 Å². The summed E-state index contributed by atoms with van der Waals surface area (Å²) >= 11 is 3.43. The third kappa shape index (κ3) is 3.34. The van der Waals surface area contributed by atoms with Crippen LogP contribution in [0.15, 0.2) is 36.0 Å². The molecule has 1 amide bonds. The largest absolute Gasteiger partial charge is 0.395 e. The van der Waals surface area contributed by atoms with Crippen LogP contribution < -0.4 is 0 Å². The number of thiophene rings is 1. The highest BCUT2D eigenvalue weighted by atomic mass is 32.2. The van der Waals surface area contributed by atoms with Crippen molar-refractivity contribution in [2.45, 2.75) is 18.2 Å². The maximum atomic E-state index is 12.9. The lowest BCUT2D eigenvalue weighted by atomic mass is 10.1. The number of rotatable bonds is 5. The molecule has 0 fully saturated rings. The molecule has 1 atom stereocenters. The Labute approximate surface area is 138 Å². The molecule has 116 valence electrons. The van der Waals surface area contributed by atoms with E-state index in [9.17, 15) is 9.90 Å². The lowest BCUT2D eigenvalue weighted by Crippen LogP contribution is -2.36. The Kier molecular flexibility index (Phi) is 5.12. The number of hydrogen-bond acceptors (Lipinski definition) is 5. The van der Waals surface area contributed by atoms with Crippen LogP contribution in [0.5, 0.6) is 0 Å². The van der Waals surface area contributed by atoms with Crippen molar-refractivity contribution in [3.63, 3.8) is 0 Å². The highest BCUT2D eigenvalue weighted by Crippen LogP contribution is 2.40. The van der Waals surface area contributed by atoms with Gasteiger partial charge in [0.2, 0.25) is 5.91 Å². The van der Waals surface area contributed by atoms with Gasteiger partial charge in [-0.2, -0.15) is 0 Å². The van der Waals surface area contributed by atoms with Crippen LogP contribution in [0.3, 0.4) is 0 Å². The smallest absolute Gasteiger partial charge is 0.240 e. The number of nitrogens with zero attached hydrogens (tertiary/aromatic N) is 2. The van der Waals surface area contributed by atoms with E-state index in [4.69, 9.17) is 0 Å². The summed E-state index contributed by atoms with van der Waals surface area (Å²) in [6.45, 7) is 0.813. The Morgan fingerprint density at radius 3 is 3.14 bits per heavy atom. The van der Waals surface area contributed by atoms with Crippen molar-refractivity contribution in [1.29, 1.82) is 0 Å². The molecule has 1 aliphatic rings. The molecule has 0 unspecified atom stereocenters. The molecule has 0 radical (unpaired) electrons. The molecule has 3 rings (SSSR count). The van der Waals surface area contributed by atoms with Crippen LogP contribution in [-0.2, 0) is 17.8 Å². The normalized spacial score (nSPS) is 17.0. The van der Waals surface area contributed by atoms with Gasteiger partial charge in [0, 0.05) is 30.4 Å². The first-order valence-electron chi connectivity index (χ1n) is 7.26. The maximum absolute atomic E-state index is 12.9. The predicted octanol–water partition coefficient (Wildman–Crippen LogP) is 2.49. The first-order valence-corrected chi connectivity index (χ1v) is 9.19. The van der Waals surface area contributed by atoms with Crippen LogP contribution in [-0.4, -0.2) is 39.8 Å². The molecule has 0 aromatic carbocycles. The molecular weight excluding hydrogens is 316 g/mol. The average Bonchev–Trinajstić information content (AvgIpc) is 3.03. The second-order valence-corrected chi connectivity index (χ2v) is 7.36. The molecule has 4 nitrogen and oxygen atoms in total. The molecule has 22 heavy (non-hydrogen) atoms. The fourth-order valence-corrected chi connectivity index (χ4v) is 4.99. The van der Waals surface area contributed by atoms with Gasteiger partial charge in [-0.05, 0) is 40.8 Å². The third-order valence-electron chi connectivity index (χ3n) is 3.68. The van der Waals surface area contributed by atoms with E-state index in [0.29, 0.717) is 13.1 Å². The van der Waals surface area contributed by atoms with Crippen LogP contribution in [0.1, 0.15) is 21.3 Å². The molecule has 2 aromatic heterocycles. The van der Waals surface area contributed by atoms with Crippen LogP contribution in [0.4, 0.5) is 0 Å². The minimum absolute atomic E-state index is 0.0279. The number of aliphatic hydroxyl groups excluding tert-OH is 1. The van der Waals surface area contributed by atoms with Gasteiger partial charge in [-0.1, -0.05) is 6.07 Å². The van der Waals surface area contributed by atoms with Crippen molar-refractivity contribution in [2.75, 3.05) is 18.9 Å². The lowest BCUT2D eigenvalue weighted by molar-refractivity contribution is -0.131. The zero-order valence-corrected chi connectivity index (χ0v) is 13.8. The fraction of sp³-hybridized carbons (Fsp3) is 0.375. The van der Waals surface area contributed by atoms with Crippen LogP contribution >= 0.6 is 23.1 Å². The zero-order valence-electron chi connectivity index (χ0n) is 12.1. The fourth-order valence-electron chi connectivity index (χ4n) is 2.62. The van der Waals surface area contributed by atoms with Crippen LogP contribution in [0.2, 0.25) is 0 Å². The van der Waals surface area contributed by atoms with E-state index in [2.05, 4.69) is 16.4 Å². The minimum atomic E-state index is -0.141. The number of aliphatic hydroxyl groups is 1. The number of thioether (sulfide) groups is 1. The summed E-state index contributed by atoms with van der Waals surface area (Å²) in [6, 6.07) is 5.88. The van der Waals surface area contributed by atoms with Crippen molar-refractivity contribution >= 4 is 29.0 Å². The summed E-state index contributed by atoms with van der Waals surface area (Å²) in [4.78, 5) is 20.1. The number of aryl methyl sites for hydroxylation is 1. The van der Waals surface area contributed by atoms with Gasteiger partial charge >= 0.3 is 0 Å². The van der Waals surface area contributed by atoms with E-state index >= 15 is 0 Å². The topological polar surface area (TPSA) is 53.4 Å². The van der Waals surface area contributed by atoms with E-state index in [1.165, 1.54) is 4.88 Å². The van der Waals surface area contributed by atoms with Gasteiger partial charge in [-0.15, -0.1) is 23.1 Å². The average molecular weight is 334 g/mol. The van der Waals surface area contributed by atoms with Crippen molar-refractivity contribution in [3.8, 4) is 0 Å². The Morgan fingerprint density at radius 2 is 2.36 bits per heavy atom. The SMILES string of the molecule is O=C([C@H]1SCCc2sccc21)N(CCO)Cc1cccnc1. The van der Waals surface area contributed by atoms with Gasteiger partial charge in [0.25, 0.3) is 0 Å². The van der Waals surface area contributed by atoms with Gasteiger partial charge in [0.05, 0.1) is 6.61 Å². The maximum Gasteiger partial charge on any atom is 0.240 e. The number of aromatic nitrogens is 1. The van der Waals surface area contributed by atoms with E-state index < -0.39 is 0 Å². The molecule has 1 N–H and O–H groups in total. The molecule has 3 heterocycles. The number of amides is 1. The number of pyridine rings is 1. The molecular formula is C16H18N2O2S2. The van der Waals surface area contributed by atoms with Crippen molar-refractivity contribution in [3.05, 3.63) is 52.0 Å². The monoisotopic (exact) mass is 334 g/mol. The summed E-state index contributed by atoms with van der Waals surface area (Å²) in [5.41, 5.74) is 2.14. The van der Waals surface area contributed by atoms with E-state index in [1.807, 2.05) is 12.1 Å². The summed E-state index contributed by atoms with van der Waals surface area (Å²) < 4.78 is 0. The number of hydrogen-bond donors (Lipinski definition) is 1. The van der Waals surface area contributed by atoms with Gasteiger partial charge < -0.3 is 10.0 Å². The second kappa shape index (κ2) is 7.26. The number of carbonyl (C=O) groups excluding carboxylic acids is 1. The summed E-state index contributed by atoms with van der Waals surface area (Å²) in [5.74, 6) is 1.06. The first-order chi connectivity index (χ1) is 10.8. The van der Waals surface area contributed by atoms with E-state index in [0.717, 1.165) is 23.3 Å². The highest BCUT2D eigenvalue weighted by Gasteiger charge is 2.31. The molecule has 0 spiro atoms. The molecule has 0 saturated carbocycles. The Balaban J connectivity index is 1.79. The molecule has 2 aromatic rings. The number of fused-ring (bicyclic) bond motifs is 1. The van der Waals surface area contributed by atoms with E-state index in [-0.39, 0.29) is 17.8 Å². The Morgan fingerprint density at radius 1 is 1.45 bits per heavy atom. The minimum Gasteiger partial charge on any atom is -0.395 e. The summed E-state index contributed by atoms with van der Waals surface area (Å²) in [5, 5.41) is 11.2. The van der Waals surface area contributed by atoms with Crippen molar-refractivity contribution in [2.24, 2.45) is 0 Å². The second-order valence-electron chi connectivity index (χ2n) is 5.14. The van der Waals surface area contributed by atoms with Gasteiger partial charge in [0.15, 0.2) is 0 Å². The van der Waals surface area contributed by atoms with Crippen molar-refractivity contribution in [1.82, 2.24) is 9.88 Å². The number of carbonyl (C=O) groups is 1. The Bertz CT molecular complexity index is 630. The van der Waals surface area contributed by atoms with Crippen molar-refractivity contribution < 1.29 is 9.90 Å². The van der Waals surface area contributed by atoms with Gasteiger partial charge in [-0.3, -0.25) is 9.78 Å². The summed E-state index contributed by atoms with van der Waals surface area (Å²) in [6.07, 6.45) is 4.53. The van der Waals surface area contributed by atoms with Crippen LogP contribution in [0, 0.1) is 0 Å². The standard InChI is InChI=1S/C16H18N2O2S2/c19-7-6-18(11-12-2-1-5-17-10-12)16(20)15-13-3-8-21-14(13)4-9-22-15/h1-3,5,8,10,15,19H,4,6-7,9,11H2/t15-/m0/s1. The molecule has 1 aliphatic heterocycles. The van der Waals surface area contributed by atoms with Crippen LogP contribution in [0.25, 0.3) is 0 Å². The highest BCUT2D eigenvalue weighted by molar-refractivity contribution is 8.00. The molecule has 0 aliphatic carbocycles. The van der Waals surface area contributed by atoms with Gasteiger partial charge in [0.1, 0.15) is 5.25 Å². The third-order valence-corrected chi connectivity index (χ3v) is 5.90. The Hall–Kier alpha value is -1.37. The molecule has 0 bridgehead atoms. The van der Waals surface area contributed by atoms with E-state index in [1.54, 1.807) is 40.4 Å². The first kappa shape index (κ1) is 15.5. The quantitative estimate of drug-likeness (QED) is 0.913. The zero-order chi connectivity index (χ0) is 15.4. The summed E-state index contributed by atoms with van der Waals surface area (Å²) in [7, 11) is 0. The predicted molar refractivity (Wildman–Crippen MR) is 90.0 cm³/mol. The lowest BCUT2D eigenvalue weighted by Gasteiger charge is -2.29.